The van der Waals surface area contributed by atoms with E-state index >= 15 is 0 Å². The lowest BCUT2D eigenvalue weighted by molar-refractivity contribution is 0.190. The van der Waals surface area contributed by atoms with Crippen molar-refractivity contribution in [2.45, 2.75) is 77.4 Å². The summed E-state index contributed by atoms with van der Waals surface area (Å²) < 4.78 is 6.20. The molecular weight excluding hydrogens is 312 g/mol. The van der Waals surface area contributed by atoms with Crippen molar-refractivity contribution in [2.24, 2.45) is 5.41 Å². The molecule has 4 heteroatoms. The van der Waals surface area contributed by atoms with Crippen LogP contribution in [0.1, 0.15) is 58.8 Å². The molecule has 3 nitrogen and oxygen atoms in total. The predicted octanol–water partition coefficient (Wildman–Crippen LogP) is 5.09. The Hall–Kier alpha value is 0.0969. The van der Waals surface area contributed by atoms with Crippen molar-refractivity contribution in [3.63, 3.8) is 0 Å². The van der Waals surface area contributed by atoms with Crippen molar-refractivity contribution in [1.29, 1.82) is 0 Å². The van der Waals surface area contributed by atoms with Gasteiger partial charge in [0.15, 0.2) is 8.32 Å². The Morgan fingerprint density at radius 3 is 1.79 bits per heavy atom. The van der Waals surface area contributed by atoms with Crippen LogP contribution in [0.4, 0.5) is 0 Å². The first kappa shape index (κ1) is 24.1. The molecule has 0 aromatic rings. The van der Waals surface area contributed by atoms with Gasteiger partial charge in [-0.15, -0.1) is 0 Å². The molecule has 0 saturated heterocycles. The molecule has 0 heterocycles. The minimum absolute atomic E-state index is 0.441. The summed E-state index contributed by atoms with van der Waals surface area (Å²) in [5.41, 5.74) is 0.441. The summed E-state index contributed by atoms with van der Waals surface area (Å²) in [6.07, 6.45) is 9.28. The molecule has 24 heavy (non-hydrogen) atoms. The fourth-order valence-electron chi connectivity index (χ4n) is 3.68. The first-order valence-electron chi connectivity index (χ1n) is 10.1. The number of unbranched alkanes of at least 4 members (excludes halogenated alkanes) is 3. The lowest BCUT2D eigenvalue weighted by Gasteiger charge is -2.41. The van der Waals surface area contributed by atoms with E-state index in [1.54, 1.807) is 0 Å². The van der Waals surface area contributed by atoms with Crippen LogP contribution in [-0.4, -0.2) is 66.5 Å². The van der Waals surface area contributed by atoms with Crippen molar-refractivity contribution < 1.29 is 4.43 Å². The fraction of sp³-hybridized carbons (Fsp3) is 1.00. The maximum absolute atomic E-state index is 6.20. The van der Waals surface area contributed by atoms with Crippen LogP contribution in [0, 0.1) is 5.41 Å². The zero-order valence-electron chi connectivity index (χ0n) is 18.1. The molecule has 1 unspecified atom stereocenters. The van der Waals surface area contributed by atoms with Crippen molar-refractivity contribution in [3.05, 3.63) is 0 Å². The highest BCUT2D eigenvalue weighted by molar-refractivity contribution is 6.72. The summed E-state index contributed by atoms with van der Waals surface area (Å²) >= 11 is 0. The first-order chi connectivity index (χ1) is 11.2. The standard InChI is InChI=1S/C20H46N2OSi/c1-9-11-12-13-18-24(8,23-7)19-20(10-2,14-16-21(3)4)15-17-22(5)6/h9-19H2,1-8H3. The Bertz CT molecular complexity index is 298. The van der Waals surface area contributed by atoms with E-state index < -0.39 is 8.32 Å². The van der Waals surface area contributed by atoms with Gasteiger partial charge in [0.1, 0.15) is 0 Å². The van der Waals surface area contributed by atoms with Gasteiger partial charge < -0.3 is 14.2 Å². The van der Waals surface area contributed by atoms with Gasteiger partial charge in [-0.1, -0.05) is 46.0 Å². The molecule has 0 bridgehead atoms. The smallest absolute Gasteiger partial charge is 0.189 e. The van der Waals surface area contributed by atoms with Crippen molar-refractivity contribution in [1.82, 2.24) is 9.80 Å². The number of nitrogens with zero attached hydrogens (tertiary/aromatic N) is 2. The van der Waals surface area contributed by atoms with Gasteiger partial charge in [-0.25, -0.2) is 0 Å². The van der Waals surface area contributed by atoms with Gasteiger partial charge in [-0.2, -0.15) is 0 Å². The molecular formula is C20H46N2OSi. The molecule has 0 aliphatic heterocycles. The lowest BCUT2D eigenvalue weighted by atomic mass is 9.80. The maximum Gasteiger partial charge on any atom is 0.189 e. The fourth-order valence-corrected chi connectivity index (χ4v) is 7.40. The van der Waals surface area contributed by atoms with E-state index in [1.807, 2.05) is 7.11 Å². The average Bonchev–Trinajstić information content (AvgIpc) is 2.54. The molecule has 0 rings (SSSR count). The van der Waals surface area contributed by atoms with Crippen LogP contribution in [0.15, 0.2) is 0 Å². The van der Waals surface area contributed by atoms with E-state index in [1.165, 1.54) is 70.1 Å². The Morgan fingerprint density at radius 1 is 0.875 bits per heavy atom. The topological polar surface area (TPSA) is 15.7 Å². The van der Waals surface area contributed by atoms with Crippen molar-refractivity contribution >= 4 is 8.32 Å². The zero-order chi connectivity index (χ0) is 18.6. The van der Waals surface area contributed by atoms with Crippen LogP contribution in [-0.2, 0) is 4.43 Å². The Morgan fingerprint density at radius 2 is 1.42 bits per heavy atom. The van der Waals surface area contributed by atoms with E-state index in [4.69, 9.17) is 4.43 Å². The van der Waals surface area contributed by atoms with Gasteiger partial charge in [-0.3, -0.25) is 0 Å². The van der Waals surface area contributed by atoms with Crippen LogP contribution in [0.3, 0.4) is 0 Å². The van der Waals surface area contributed by atoms with E-state index in [9.17, 15) is 0 Å². The monoisotopic (exact) mass is 358 g/mol. The van der Waals surface area contributed by atoms with Crippen molar-refractivity contribution in [2.75, 3.05) is 48.4 Å². The molecule has 146 valence electrons. The summed E-state index contributed by atoms with van der Waals surface area (Å²) in [5, 5.41) is 0. The normalized spacial score (nSPS) is 15.2. The van der Waals surface area contributed by atoms with Crippen LogP contribution in [0.25, 0.3) is 0 Å². The SMILES string of the molecule is CCCCCC[Si](C)(CC(CC)(CCN(C)C)CCN(C)C)OC. The van der Waals surface area contributed by atoms with Gasteiger partial charge in [0.2, 0.25) is 0 Å². The van der Waals surface area contributed by atoms with Gasteiger partial charge in [0.25, 0.3) is 0 Å². The molecule has 0 aliphatic rings. The van der Waals surface area contributed by atoms with Crippen LogP contribution < -0.4 is 0 Å². The third-order valence-electron chi connectivity index (χ3n) is 5.73. The Kier molecular flexibility index (Phi) is 12.5. The molecule has 0 spiro atoms. The molecule has 0 aromatic carbocycles. The Labute approximate surface area is 154 Å². The van der Waals surface area contributed by atoms with Gasteiger partial charge in [0, 0.05) is 7.11 Å². The third-order valence-corrected chi connectivity index (χ3v) is 9.62. The largest absolute Gasteiger partial charge is 0.420 e. The average molecular weight is 359 g/mol. The molecule has 0 aromatic heterocycles. The number of rotatable bonds is 15. The summed E-state index contributed by atoms with van der Waals surface area (Å²) in [4.78, 5) is 4.68. The van der Waals surface area contributed by atoms with Crippen LogP contribution in [0.2, 0.25) is 18.6 Å². The van der Waals surface area contributed by atoms with Crippen LogP contribution >= 0.6 is 0 Å². The molecule has 0 fully saturated rings. The molecule has 0 saturated carbocycles. The van der Waals surface area contributed by atoms with Gasteiger partial charge >= 0.3 is 0 Å². The summed E-state index contributed by atoms with van der Waals surface area (Å²) in [5.74, 6) is 0. The van der Waals surface area contributed by atoms with Gasteiger partial charge in [0.05, 0.1) is 0 Å². The summed E-state index contributed by atoms with van der Waals surface area (Å²) in [7, 11) is 9.16. The summed E-state index contributed by atoms with van der Waals surface area (Å²) in [6, 6.07) is 2.65. The molecule has 0 radical (unpaired) electrons. The molecule has 0 amide bonds. The predicted molar refractivity (Wildman–Crippen MR) is 111 cm³/mol. The third kappa shape index (κ3) is 10.2. The van der Waals surface area contributed by atoms with Gasteiger partial charge in [-0.05, 0) is 78.2 Å². The minimum Gasteiger partial charge on any atom is -0.420 e. The quantitative estimate of drug-likeness (QED) is 0.299. The minimum atomic E-state index is -1.61. The van der Waals surface area contributed by atoms with E-state index in [0.29, 0.717) is 5.41 Å². The summed E-state index contributed by atoms with van der Waals surface area (Å²) in [6.45, 7) is 9.54. The first-order valence-corrected chi connectivity index (χ1v) is 12.9. The van der Waals surface area contributed by atoms with E-state index in [0.717, 1.165) is 0 Å². The molecule has 0 N–H and O–H groups in total. The molecule has 1 atom stereocenters. The molecule has 0 aliphatic carbocycles. The second-order valence-electron chi connectivity index (χ2n) is 8.60. The van der Waals surface area contributed by atoms with E-state index in [-0.39, 0.29) is 0 Å². The number of hydrogen-bond donors (Lipinski definition) is 0. The highest BCUT2D eigenvalue weighted by Gasteiger charge is 2.39. The van der Waals surface area contributed by atoms with E-state index in [2.05, 4.69) is 58.4 Å². The second kappa shape index (κ2) is 12.5. The highest BCUT2D eigenvalue weighted by atomic mass is 28.4. The second-order valence-corrected chi connectivity index (χ2v) is 12.8. The van der Waals surface area contributed by atoms with Crippen molar-refractivity contribution in [3.8, 4) is 0 Å². The number of hydrogen-bond acceptors (Lipinski definition) is 3. The lowest BCUT2D eigenvalue weighted by Crippen LogP contribution is -2.42. The Balaban J connectivity index is 4.99. The zero-order valence-corrected chi connectivity index (χ0v) is 19.1. The maximum atomic E-state index is 6.20. The van der Waals surface area contributed by atoms with Crippen LogP contribution in [0.5, 0.6) is 0 Å². The highest BCUT2D eigenvalue weighted by Crippen LogP contribution is 2.41.